The normalized spacial score (nSPS) is 10.6. The first-order valence-electron chi connectivity index (χ1n) is 7.45. The molecule has 5 heteroatoms. The zero-order valence-corrected chi connectivity index (χ0v) is 14.0. The molecule has 3 rings (SSSR count). The Hall–Kier alpha value is -2.72. The van der Waals surface area contributed by atoms with E-state index in [2.05, 4.69) is 0 Å². The number of halogens is 1. The van der Waals surface area contributed by atoms with Gasteiger partial charge in [-0.1, -0.05) is 29.8 Å². The van der Waals surface area contributed by atoms with E-state index in [1.165, 1.54) is 0 Å². The third-order valence-corrected chi connectivity index (χ3v) is 4.06. The molecular weight excluding hydrogens is 324 g/mol. The van der Waals surface area contributed by atoms with Gasteiger partial charge in [0.2, 0.25) is 0 Å². The Balaban J connectivity index is 1.95. The quantitative estimate of drug-likeness (QED) is 0.735. The zero-order chi connectivity index (χ0) is 17.1. The summed E-state index contributed by atoms with van der Waals surface area (Å²) in [6.45, 7) is 0.482. The van der Waals surface area contributed by atoms with Crippen molar-refractivity contribution in [1.29, 1.82) is 0 Å². The van der Waals surface area contributed by atoms with Crippen LogP contribution in [-0.2, 0) is 6.54 Å². The van der Waals surface area contributed by atoms with Crippen molar-refractivity contribution in [2.45, 2.75) is 6.54 Å². The monoisotopic (exact) mass is 340 g/mol. The van der Waals surface area contributed by atoms with Gasteiger partial charge in [0.15, 0.2) is 0 Å². The average Bonchev–Trinajstić information content (AvgIpc) is 2.59. The van der Waals surface area contributed by atoms with Gasteiger partial charge in [0.05, 0.1) is 19.3 Å². The zero-order valence-electron chi connectivity index (χ0n) is 13.2. The second kappa shape index (κ2) is 6.81. The summed E-state index contributed by atoms with van der Waals surface area (Å²) < 4.78 is 6.84. The molecule has 0 fully saturated rings. The van der Waals surface area contributed by atoms with Gasteiger partial charge >= 0.3 is 0 Å². The first kappa shape index (κ1) is 16.1. The largest absolute Gasteiger partial charge is 0.495 e. The number of ether oxygens (including phenoxy) is 1. The minimum atomic E-state index is -0.0600. The van der Waals surface area contributed by atoms with Crippen molar-refractivity contribution >= 4 is 17.3 Å². The molecule has 0 aliphatic heterocycles. The molecule has 0 spiro atoms. The number of nitrogens with two attached hydrogens (primary N) is 1. The van der Waals surface area contributed by atoms with Gasteiger partial charge in [0.25, 0.3) is 5.56 Å². The summed E-state index contributed by atoms with van der Waals surface area (Å²) in [6, 6.07) is 16.4. The maximum atomic E-state index is 12.1. The predicted molar refractivity (Wildman–Crippen MR) is 97.7 cm³/mol. The number of aromatic nitrogens is 1. The van der Waals surface area contributed by atoms with Crippen LogP contribution in [0.3, 0.4) is 0 Å². The molecule has 2 aromatic carbocycles. The fourth-order valence-electron chi connectivity index (χ4n) is 2.53. The van der Waals surface area contributed by atoms with Crippen LogP contribution in [-0.4, -0.2) is 11.7 Å². The molecule has 122 valence electrons. The van der Waals surface area contributed by atoms with Crippen LogP contribution < -0.4 is 16.0 Å². The van der Waals surface area contributed by atoms with E-state index in [4.69, 9.17) is 22.1 Å². The van der Waals surface area contributed by atoms with Crippen LogP contribution >= 0.6 is 11.6 Å². The molecule has 0 amide bonds. The fourth-order valence-corrected chi connectivity index (χ4v) is 2.65. The molecule has 1 heterocycles. The molecule has 0 radical (unpaired) electrons. The highest BCUT2D eigenvalue weighted by molar-refractivity contribution is 6.30. The molecule has 0 saturated heterocycles. The number of benzene rings is 2. The Morgan fingerprint density at radius 1 is 1.04 bits per heavy atom. The summed E-state index contributed by atoms with van der Waals surface area (Å²) in [5.41, 5.74) is 9.32. The number of hydrogen-bond donors (Lipinski definition) is 1. The molecular formula is C19H17ClN2O2. The van der Waals surface area contributed by atoms with E-state index in [1.54, 1.807) is 23.8 Å². The van der Waals surface area contributed by atoms with E-state index < -0.39 is 0 Å². The summed E-state index contributed by atoms with van der Waals surface area (Å²) in [7, 11) is 1.58. The molecule has 3 aromatic rings. The van der Waals surface area contributed by atoms with Gasteiger partial charge in [-0.05, 0) is 47.0 Å². The Kier molecular flexibility index (Phi) is 4.58. The molecule has 0 aliphatic carbocycles. The van der Waals surface area contributed by atoms with Crippen LogP contribution in [0.1, 0.15) is 5.56 Å². The first-order chi connectivity index (χ1) is 11.6. The third-order valence-electron chi connectivity index (χ3n) is 3.81. The molecule has 0 saturated carbocycles. The lowest BCUT2D eigenvalue weighted by atomic mass is 10.1. The number of nitrogen functional groups attached to an aromatic ring is 1. The summed E-state index contributed by atoms with van der Waals surface area (Å²) >= 11 is 5.90. The second-order valence-corrected chi connectivity index (χ2v) is 5.90. The highest BCUT2D eigenvalue weighted by atomic mass is 35.5. The lowest BCUT2D eigenvalue weighted by Gasteiger charge is -2.11. The van der Waals surface area contributed by atoms with Crippen molar-refractivity contribution in [2.24, 2.45) is 0 Å². The Labute approximate surface area is 145 Å². The van der Waals surface area contributed by atoms with E-state index in [0.29, 0.717) is 23.0 Å². The number of hydrogen-bond acceptors (Lipinski definition) is 3. The van der Waals surface area contributed by atoms with Crippen LogP contribution in [0.25, 0.3) is 11.1 Å². The lowest BCUT2D eigenvalue weighted by molar-refractivity contribution is 0.417. The van der Waals surface area contributed by atoms with Gasteiger partial charge < -0.3 is 15.0 Å². The molecule has 0 aliphatic rings. The first-order valence-corrected chi connectivity index (χ1v) is 7.83. The number of rotatable bonds is 4. The third kappa shape index (κ3) is 3.44. The van der Waals surface area contributed by atoms with Crippen molar-refractivity contribution in [2.75, 3.05) is 12.8 Å². The topological polar surface area (TPSA) is 57.2 Å². The smallest absolute Gasteiger partial charge is 0.250 e. The van der Waals surface area contributed by atoms with Crippen LogP contribution in [0.5, 0.6) is 5.75 Å². The number of anilines is 1. The highest BCUT2D eigenvalue weighted by Crippen LogP contribution is 2.27. The molecule has 2 N–H and O–H groups in total. The molecule has 0 bridgehead atoms. The molecule has 24 heavy (non-hydrogen) atoms. The van der Waals surface area contributed by atoms with Crippen LogP contribution in [0.15, 0.2) is 65.6 Å². The SMILES string of the molecule is COc1ccc(-c2ccc(=O)n(Cc3ccc(Cl)cc3)c2)cc1N. The minimum Gasteiger partial charge on any atom is -0.495 e. The molecule has 1 aromatic heterocycles. The van der Waals surface area contributed by atoms with Crippen molar-refractivity contribution in [1.82, 2.24) is 4.57 Å². The van der Waals surface area contributed by atoms with Crippen molar-refractivity contribution in [3.05, 3.63) is 81.7 Å². The van der Waals surface area contributed by atoms with E-state index in [0.717, 1.165) is 16.7 Å². The Morgan fingerprint density at radius 3 is 2.42 bits per heavy atom. The van der Waals surface area contributed by atoms with Crippen LogP contribution in [0, 0.1) is 0 Å². The maximum absolute atomic E-state index is 12.1. The van der Waals surface area contributed by atoms with Gasteiger partial charge in [0.1, 0.15) is 5.75 Å². The Morgan fingerprint density at radius 2 is 1.75 bits per heavy atom. The number of methoxy groups -OCH3 is 1. The van der Waals surface area contributed by atoms with E-state index in [1.807, 2.05) is 48.7 Å². The molecule has 0 atom stereocenters. The summed E-state index contributed by atoms with van der Waals surface area (Å²) in [5.74, 6) is 0.633. The van der Waals surface area contributed by atoms with Crippen molar-refractivity contribution in [3.8, 4) is 16.9 Å². The van der Waals surface area contributed by atoms with Crippen LogP contribution in [0.2, 0.25) is 5.02 Å². The summed E-state index contributed by atoms with van der Waals surface area (Å²) in [6.07, 6.45) is 1.83. The van der Waals surface area contributed by atoms with E-state index >= 15 is 0 Å². The van der Waals surface area contributed by atoms with E-state index in [-0.39, 0.29) is 5.56 Å². The predicted octanol–water partition coefficient (Wildman–Crippen LogP) is 3.81. The number of nitrogens with zero attached hydrogens (tertiary/aromatic N) is 1. The van der Waals surface area contributed by atoms with Crippen molar-refractivity contribution < 1.29 is 4.74 Å². The van der Waals surface area contributed by atoms with Gasteiger partial charge in [-0.2, -0.15) is 0 Å². The maximum Gasteiger partial charge on any atom is 0.250 e. The molecule has 4 nitrogen and oxygen atoms in total. The average molecular weight is 341 g/mol. The van der Waals surface area contributed by atoms with E-state index in [9.17, 15) is 4.79 Å². The van der Waals surface area contributed by atoms with Gasteiger partial charge in [-0.15, -0.1) is 0 Å². The van der Waals surface area contributed by atoms with Gasteiger partial charge in [-0.3, -0.25) is 4.79 Å². The number of pyridine rings is 1. The summed E-state index contributed by atoms with van der Waals surface area (Å²) in [4.78, 5) is 12.1. The lowest BCUT2D eigenvalue weighted by Crippen LogP contribution is -2.19. The second-order valence-electron chi connectivity index (χ2n) is 5.47. The van der Waals surface area contributed by atoms with Gasteiger partial charge in [-0.25, -0.2) is 0 Å². The Bertz CT molecular complexity index is 917. The summed E-state index contributed by atoms with van der Waals surface area (Å²) in [5, 5.41) is 0.675. The van der Waals surface area contributed by atoms with Crippen molar-refractivity contribution in [3.63, 3.8) is 0 Å². The highest BCUT2D eigenvalue weighted by Gasteiger charge is 2.06. The van der Waals surface area contributed by atoms with Gasteiger partial charge in [0, 0.05) is 17.3 Å². The molecule has 0 unspecified atom stereocenters. The standard InChI is InChI=1S/C19H17ClN2O2/c1-24-18-8-4-14(10-17(18)21)15-5-9-19(23)22(12-15)11-13-2-6-16(20)7-3-13/h2-10,12H,11,21H2,1H3. The van der Waals surface area contributed by atoms with Crippen LogP contribution in [0.4, 0.5) is 5.69 Å². The minimum absolute atomic E-state index is 0.0600. The fraction of sp³-hybridized carbons (Fsp3) is 0.105.